The van der Waals surface area contributed by atoms with Crippen molar-refractivity contribution in [1.29, 1.82) is 0 Å². The molecule has 1 aliphatic rings. The van der Waals surface area contributed by atoms with Crippen LogP contribution in [-0.4, -0.2) is 35.9 Å². The van der Waals surface area contributed by atoms with Crippen LogP contribution in [0.25, 0.3) is 0 Å². The third-order valence-electron chi connectivity index (χ3n) is 2.28. The second-order valence-electron chi connectivity index (χ2n) is 3.82. The van der Waals surface area contributed by atoms with E-state index in [4.69, 9.17) is 5.11 Å². The molecule has 0 bridgehead atoms. The smallest absolute Gasteiger partial charge is 0.304 e. The van der Waals surface area contributed by atoms with E-state index in [9.17, 15) is 9.59 Å². The van der Waals surface area contributed by atoms with E-state index in [0.29, 0.717) is 12.8 Å². The van der Waals surface area contributed by atoms with Gasteiger partial charge in [0.1, 0.15) is 0 Å². The molecule has 0 spiro atoms. The van der Waals surface area contributed by atoms with Crippen LogP contribution in [0.2, 0.25) is 0 Å². The van der Waals surface area contributed by atoms with Crippen molar-refractivity contribution in [1.82, 2.24) is 4.90 Å². The maximum absolute atomic E-state index is 11.6. The molecule has 1 rings (SSSR count). The second-order valence-corrected chi connectivity index (χ2v) is 3.82. The van der Waals surface area contributed by atoms with Gasteiger partial charge in [0.25, 0.3) is 0 Å². The van der Waals surface area contributed by atoms with Gasteiger partial charge in [-0.25, -0.2) is 0 Å². The molecule has 4 nitrogen and oxygen atoms in total. The van der Waals surface area contributed by atoms with Gasteiger partial charge in [-0.15, -0.1) is 0 Å². The molecule has 1 aliphatic carbocycles. The lowest BCUT2D eigenvalue weighted by Gasteiger charge is -2.06. The monoisotopic (exact) mass is 197 g/mol. The summed E-state index contributed by atoms with van der Waals surface area (Å²) in [6.07, 6.45) is 3.12. The highest BCUT2D eigenvalue weighted by atomic mass is 16.4. The molecule has 0 aromatic carbocycles. The minimum Gasteiger partial charge on any atom is -0.481 e. The van der Waals surface area contributed by atoms with E-state index >= 15 is 0 Å². The maximum atomic E-state index is 11.6. The van der Waals surface area contributed by atoms with Gasteiger partial charge in [-0.1, -0.05) is 0 Å². The van der Waals surface area contributed by atoms with Crippen LogP contribution in [0.1, 0.15) is 19.3 Å². The van der Waals surface area contributed by atoms with E-state index in [-0.39, 0.29) is 18.1 Å². The van der Waals surface area contributed by atoms with E-state index in [0.717, 1.165) is 5.57 Å². The number of carbonyl (C=O) groups is 2. The SMILES string of the molecule is CN(C)/C=C1/CCC(CC(=O)O)C1=O. The van der Waals surface area contributed by atoms with Gasteiger partial charge < -0.3 is 10.0 Å². The lowest BCUT2D eigenvalue weighted by Crippen LogP contribution is -2.14. The summed E-state index contributed by atoms with van der Waals surface area (Å²) in [7, 11) is 3.70. The first-order chi connectivity index (χ1) is 6.50. The second kappa shape index (κ2) is 4.26. The van der Waals surface area contributed by atoms with Crippen LogP contribution < -0.4 is 0 Å². The van der Waals surface area contributed by atoms with Gasteiger partial charge in [0.15, 0.2) is 5.78 Å². The maximum Gasteiger partial charge on any atom is 0.304 e. The van der Waals surface area contributed by atoms with Gasteiger partial charge in [0.05, 0.1) is 6.42 Å². The zero-order valence-corrected chi connectivity index (χ0v) is 8.49. The van der Waals surface area contributed by atoms with Crippen molar-refractivity contribution in [3.63, 3.8) is 0 Å². The zero-order chi connectivity index (χ0) is 10.7. The van der Waals surface area contributed by atoms with Gasteiger partial charge in [-0.05, 0) is 12.8 Å². The largest absolute Gasteiger partial charge is 0.481 e. The molecule has 78 valence electrons. The number of nitrogens with zero attached hydrogens (tertiary/aromatic N) is 1. The molecule has 1 atom stereocenters. The van der Waals surface area contributed by atoms with E-state index in [1.807, 2.05) is 19.0 Å². The Kier molecular flexibility index (Phi) is 3.28. The van der Waals surface area contributed by atoms with Crippen LogP contribution in [0.4, 0.5) is 0 Å². The quantitative estimate of drug-likeness (QED) is 0.682. The summed E-state index contributed by atoms with van der Waals surface area (Å²) in [6.45, 7) is 0. The fraction of sp³-hybridized carbons (Fsp3) is 0.600. The highest BCUT2D eigenvalue weighted by Crippen LogP contribution is 2.29. The fourth-order valence-corrected chi connectivity index (χ4v) is 1.69. The number of ketones is 1. The Morgan fingerprint density at radius 1 is 1.64 bits per heavy atom. The Balaban J connectivity index is 2.64. The van der Waals surface area contributed by atoms with Gasteiger partial charge >= 0.3 is 5.97 Å². The molecule has 1 saturated carbocycles. The summed E-state index contributed by atoms with van der Waals surface area (Å²) < 4.78 is 0. The molecule has 1 N–H and O–H groups in total. The number of rotatable bonds is 3. The van der Waals surface area contributed by atoms with Crippen molar-refractivity contribution in [2.45, 2.75) is 19.3 Å². The van der Waals surface area contributed by atoms with E-state index < -0.39 is 5.97 Å². The van der Waals surface area contributed by atoms with Gasteiger partial charge in [-0.2, -0.15) is 0 Å². The Labute approximate surface area is 83.2 Å². The summed E-state index contributed by atoms with van der Waals surface area (Å²) in [5.41, 5.74) is 0.751. The predicted molar refractivity (Wildman–Crippen MR) is 51.8 cm³/mol. The molecule has 0 amide bonds. The third-order valence-corrected chi connectivity index (χ3v) is 2.28. The minimum atomic E-state index is -0.894. The van der Waals surface area contributed by atoms with Gasteiger partial charge in [0.2, 0.25) is 0 Å². The molecule has 0 heterocycles. The molecule has 0 aromatic rings. The van der Waals surface area contributed by atoms with Crippen LogP contribution in [-0.2, 0) is 9.59 Å². The van der Waals surface area contributed by atoms with Crippen LogP contribution in [0.5, 0.6) is 0 Å². The first-order valence-corrected chi connectivity index (χ1v) is 4.64. The number of aliphatic carboxylic acids is 1. The number of hydrogen-bond donors (Lipinski definition) is 1. The molecular formula is C10H15NO3. The van der Waals surface area contributed by atoms with Crippen molar-refractivity contribution < 1.29 is 14.7 Å². The Bertz CT molecular complexity index is 281. The molecule has 4 heteroatoms. The lowest BCUT2D eigenvalue weighted by molar-refractivity contribution is -0.139. The van der Waals surface area contributed by atoms with E-state index in [1.165, 1.54) is 0 Å². The predicted octanol–water partition coefficient (Wildman–Crippen LogP) is 0.886. The van der Waals surface area contributed by atoms with Crippen molar-refractivity contribution >= 4 is 11.8 Å². The molecule has 1 fully saturated rings. The topological polar surface area (TPSA) is 57.6 Å². The van der Waals surface area contributed by atoms with Crippen molar-refractivity contribution in [3.8, 4) is 0 Å². The number of carbonyl (C=O) groups excluding carboxylic acids is 1. The van der Waals surface area contributed by atoms with Gasteiger partial charge in [-0.3, -0.25) is 9.59 Å². The first kappa shape index (κ1) is 10.8. The van der Waals surface area contributed by atoms with Crippen molar-refractivity contribution in [2.24, 2.45) is 5.92 Å². The molecule has 0 aliphatic heterocycles. The minimum absolute atomic E-state index is 0.00102. The van der Waals surface area contributed by atoms with E-state index in [1.54, 1.807) is 6.20 Å². The first-order valence-electron chi connectivity index (χ1n) is 4.64. The third kappa shape index (κ3) is 2.58. The van der Waals surface area contributed by atoms with Crippen LogP contribution in [0, 0.1) is 5.92 Å². The Morgan fingerprint density at radius 3 is 2.79 bits per heavy atom. The van der Waals surface area contributed by atoms with E-state index in [2.05, 4.69) is 0 Å². The fourth-order valence-electron chi connectivity index (χ4n) is 1.69. The number of Topliss-reactive ketones (excluding diaryl/α,β-unsaturated/α-hetero) is 1. The number of allylic oxidation sites excluding steroid dienone is 1. The number of hydrogen-bond acceptors (Lipinski definition) is 3. The van der Waals surface area contributed by atoms with Crippen LogP contribution in [0.3, 0.4) is 0 Å². The normalized spacial score (nSPS) is 24.3. The molecule has 0 saturated heterocycles. The lowest BCUT2D eigenvalue weighted by atomic mass is 10.0. The molecular weight excluding hydrogens is 182 g/mol. The highest BCUT2D eigenvalue weighted by molar-refractivity contribution is 6.00. The molecule has 0 aromatic heterocycles. The standard InChI is InChI=1S/C10H15NO3/c1-11(2)6-8-4-3-7(10(8)14)5-9(12)13/h6-7H,3-5H2,1-2H3,(H,12,13)/b8-6-. The number of carboxylic acids is 1. The summed E-state index contributed by atoms with van der Waals surface area (Å²) in [5, 5.41) is 8.58. The Hall–Kier alpha value is -1.32. The summed E-state index contributed by atoms with van der Waals surface area (Å²) in [5.74, 6) is -1.20. The van der Waals surface area contributed by atoms with Crippen LogP contribution >= 0.6 is 0 Å². The van der Waals surface area contributed by atoms with Crippen LogP contribution in [0.15, 0.2) is 11.8 Å². The zero-order valence-electron chi connectivity index (χ0n) is 8.49. The summed E-state index contributed by atoms with van der Waals surface area (Å²) in [6, 6.07) is 0. The van der Waals surface area contributed by atoms with Crippen molar-refractivity contribution in [2.75, 3.05) is 14.1 Å². The highest BCUT2D eigenvalue weighted by Gasteiger charge is 2.30. The molecule has 1 unspecified atom stereocenters. The average molecular weight is 197 g/mol. The summed E-state index contributed by atoms with van der Waals surface area (Å²) >= 11 is 0. The number of carboxylic acid groups (broad SMARTS) is 1. The van der Waals surface area contributed by atoms with Crippen molar-refractivity contribution in [3.05, 3.63) is 11.8 Å². The Morgan fingerprint density at radius 2 is 2.29 bits per heavy atom. The molecule has 14 heavy (non-hydrogen) atoms. The van der Waals surface area contributed by atoms with Gasteiger partial charge in [0, 0.05) is 31.8 Å². The average Bonchev–Trinajstić information content (AvgIpc) is 2.34. The summed E-state index contributed by atoms with van der Waals surface area (Å²) in [4.78, 5) is 23.9. The molecule has 0 radical (unpaired) electrons.